The van der Waals surface area contributed by atoms with Crippen molar-refractivity contribution in [3.63, 3.8) is 0 Å². The molecule has 4 nitrogen and oxygen atoms in total. The van der Waals surface area contributed by atoms with E-state index in [1.54, 1.807) is 0 Å². The van der Waals surface area contributed by atoms with Gasteiger partial charge in [0.1, 0.15) is 0 Å². The first kappa shape index (κ1) is 19.1. The van der Waals surface area contributed by atoms with E-state index in [9.17, 15) is 18.0 Å². The predicted molar refractivity (Wildman–Crippen MR) is 56.7 cm³/mol. The largest absolute Gasteiger partial charge is 0.495 e. The molecule has 18 heavy (non-hydrogen) atoms. The normalized spacial score (nSPS) is 15.3. The summed E-state index contributed by atoms with van der Waals surface area (Å²) in [4.78, 5) is 10.2. The number of rotatable bonds is 4. The Morgan fingerprint density at radius 3 is 2.17 bits per heavy atom. The maximum absolute atomic E-state index is 12.2. The third kappa shape index (κ3) is 7.89. The fourth-order valence-electron chi connectivity index (χ4n) is 0.753. The first-order valence-corrected chi connectivity index (χ1v) is 4.52. The molecule has 0 aromatic carbocycles. The second-order valence-corrected chi connectivity index (χ2v) is 3.23. The van der Waals surface area contributed by atoms with Crippen molar-refractivity contribution in [1.82, 2.24) is 0 Å². The van der Waals surface area contributed by atoms with E-state index in [0.717, 1.165) is 25.2 Å². The van der Waals surface area contributed by atoms with Gasteiger partial charge in [0.05, 0.1) is 5.92 Å². The molecule has 0 aliphatic heterocycles. The molecule has 0 spiro atoms. The Bertz CT molecular complexity index is 372. The van der Waals surface area contributed by atoms with Gasteiger partial charge in [-0.15, -0.1) is 0 Å². The van der Waals surface area contributed by atoms with Crippen molar-refractivity contribution >= 4 is 5.97 Å². The van der Waals surface area contributed by atoms with Crippen molar-refractivity contribution in [1.29, 1.82) is 0 Å². The van der Waals surface area contributed by atoms with Crippen LogP contribution in [-0.4, -0.2) is 17.3 Å². The second kappa shape index (κ2) is 7.92. The summed E-state index contributed by atoms with van der Waals surface area (Å²) in [5.74, 6) is -3.48. The first-order valence-electron chi connectivity index (χ1n) is 4.52. The number of nitrogens with two attached hydrogens (primary N) is 1. The summed E-state index contributed by atoms with van der Waals surface area (Å²) < 4.78 is 36.5. The number of aliphatic carboxylic acids is 1. The van der Waals surface area contributed by atoms with Crippen molar-refractivity contribution in [2.75, 3.05) is 0 Å². The number of halogens is 3. The maximum Gasteiger partial charge on any atom is 0.394 e. The average molecular weight is 352 g/mol. The topological polar surface area (TPSA) is 87.1 Å². The Hall–Kier alpha value is -1.30. The third-order valence-corrected chi connectivity index (χ3v) is 1.80. The van der Waals surface area contributed by atoms with Crippen LogP contribution < -0.4 is 5.73 Å². The summed E-state index contributed by atoms with van der Waals surface area (Å²) in [6, 6.07) is 0. The molecule has 0 amide bonds. The van der Waals surface area contributed by atoms with Crippen LogP contribution in [0.2, 0.25) is 0 Å². The van der Waals surface area contributed by atoms with Gasteiger partial charge < -0.3 is 16.6 Å². The summed E-state index contributed by atoms with van der Waals surface area (Å²) in [6.45, 7) is 0.940. The number of hydrogen-bond donors (Lipinski definition) is 2. The Morgan fingerprint density at radius 1 is 1.33 bits per heavy atom. The SMILES string of the molecule is CC(\C=C/C(/C=C/C(=O)O)=C(/[NH-])N)C(F)(F)F.[Rh]. The Labute approximate surface area is 115 Å². The first-order chi connectivity index (χ1) is 7.64. The molecule has 0 bridgehead atoms. The molecule has 8 heteroatoms. The van der Waals surface area contributed by atoms with Gasteiger partial charge >= 0.3 is 12.1 Å². The Kier molecular flexibility index (Phi) is 8.38. The fraction of sp³-hybridized carbons (Fsp3) is 0.300. The smallest absolute Gasteiger partial charge is 0.394 e. The molecule has 0 saturated carbocycles. The van der Waals surface area contributed by atoms with Crippen molar-refractivity contribution in [2.24, 2.45) is 11.7 Å². The van der Waals surface area contributed by atoms with Crippen LogP contribution >= 0.6 is 0 Å². The van der Waals surface area contributed by atoms with Gasteiger partial charge in [-0.1, -0.05) is 24.9 Å². The molecule has 0 rings (SSSR count). The van der Waals surface area contributed by atoms with Crippen LogP contribution in [0.25, 0.3) is 5.73 Å². The summed E-state index contributed by atoms with van der Waals surface area (Å²) in [6.07, 6.45) is -0.943. The molecule has 4 N–H and O–H groups in total. The summed E-state index contributed by atoms with van der Waals surface area (Å²) in [5.41, 5.74) is 12.1. The Balaban J connectivity index is 0. The van der Waals surface area contributed by atoms with Crippen LogP contribution in [0.3, 0.4) is 0 Å². The van der Waals surface area contributed by atoms with E-state index in [1.807, 2.05) is 0 Å². The zero-order valence-electron chi connectivity index (χ0n) is 9.29. The zero-order valence-corrected chi connectivity index (χ0v) is 10.9. The van der Waals surface area contributed by atoms with E-state index < -0.39 is 23.9 Å². The standard InChI is InChI=1S/C10H12F3N2O2.Rh/c1-6(10(11,12)13)2-3-7(9(14)15)4-5-8(16)17;/h2-6,14H,15H2,1H3,(H,16,17);/q-1;/b3-2-,5-4+,9-7+;. The molecule has 0 aliphatic rings. The molecule has 0 fully saturated rings. The second-order valence-electron chi connectivity index (χ2n) is 3.23. The van der Waals surface area contributed by atoms with Gasteiger partial charge in [0, 0.05) is 25.6 Å². The van der Waals surface area contributed by atoms with Gasteiger partial charge in [0.15, 0.2) is 0 Å². The van der Waals surface area contributed by atoms with Crippen LogP contribution in [0.5, 0.6) is 0 Å². The molecule has 0 saturated heterocycles. The zero-order chi connectivity index (χ0) is 13.6. The molecular formula is C10H12F3N2O2Rh-. The van der Waals surface area contributed by atoms with Crippen molar-refractivity contribution < 1.29 is 42.6 Å². The van der Waals surface area contributed by atoms with E-state index in [4.69, 9.17) is 16.6 Å². The Morgan fingerprint density at radius 2 is 1.83 bits per heavy atom. The van der Waals surface area contributed by atoms with Crippen LogP contribution in [0.1, 0.15) is 6.92 Å². The number of carbonyl (C=O) groups is 1. The summed E-state index contributed by atoms with van der Waals surface area (Å²) in [7, 11) is 0. The molecule has 1 atom stereocenters. The fourth-order valence-corrected chi connectivity index (χ4v) is 0.753. The maximum atomic E-state index is 12.2. The molecule has 1 unspecified atom stereocenters. The molecular weight excluding hydrogens is 340 g/mol. The van der Waals surface area contributed by atoms with Gasteiger partial charge in [-0.25, -0.2) is 4.79 Å². The van der Waals surface area contributed by atoms with Gasteiger partial charge in [-0.2, -0.15) is 13.2 Å². The number of nitrogens with one attached hydrogen (secondary N) is 1. The minimum Gasteiger partial charge on any atom is -0.495 e. The van der Waals surface area contributed by atoms with Gasteiger partial charge in [0.25, 0.3) is 0 Å². The summed E-state index contributed by atoms with van der Waals surface area (Å²) >= 11 is 0. The molecule has 1 radical (unpaired) electrons. The number of allylic oxidation sites excluding steroid dienone is 4. The number of hydrogen-bond acceptors (Lipinski definition) is 2. The molecule has 0 aromatic heterocycles. The van der Waals surface area contributed by atoms with Crippen molar-refractivity contribution in [3.8, 4) is 0 Å². The van der Waals surface area contributed by atoms with Crippen LogP contribution in [0.15, 0.2) is 35.7 Å². The van der Waals surface area contributed by atoms with Gasteiger partial charge in [0.2, 0.25) is 0 Å². The van der Waals surface area contributed by atoms with Gasteiger partial charge in [-0.05, 0) is 11.6 Å². The van der Waals surface area contributed by atoms with E-state index in [0.29, 0.717) is 6.08 Å². The molecule has 0 aliphatic carbocycles. The predicted octanol–water partition coefficient (Wildman–Crippen LogP) is 2.60. The van der Waals surface area contributed by atoms with Crippen molar-refractivity contribution in [2.45, 2.75) is 13.1 Å². The van der Waals surface area contributed by atoms with Crippen LogP contribution in [-0.2, 0) is 24.3 Å². The number of alkyl halides is 3. The van der Waals surface area contributed by atoms with Crippen LogP contribution in [0, 0.1) is 5.92 Å². The van der Waals surface area contributed by atoms with E-state index in [2.05, 4.69) is 0 Å². The molecule has 0 heterocycles. The van der Waals surface area contributed by atoms with E-state index in [-0.39, 0.29) is 25.1 Å². The van der Waals surface area contributed by atoms with E-state index >= 15 is 0 Å². The molecule has 0 aromatic rings. The number of carboxylic acid groups (broad SMARTS) is 1. The minimum absolute atomic E-state index is 0. The monoisotopic (exact) mass is 352 g/mol. The number of carboxylic acids is 1. The quantitative estimate of drug-likeness (QED) is 0.463. The third-order valence-electron chi connectivity index (χ3n) is 1.80. The van der Waals surface area contributed by atoms with Crippen LogP contribution in [0.4, 0.5) is 13.2 Å². The average Bonchev–Trinajstić information content (AvgIpc) is 2.14. The van der Waals surface area contributed by atoms with Crippen molar-refractivity contribution in [3.05, 3.63) is 41.4 Å². The van der Waals surface area contributed by atoms with Gasteiger partial charge in [-0.3, -0.25) is 0 Å². The minimum atomic E-state index is -4.38. The van der Waals surface area contributed by atoms with E-state index in [1.165, 1.54) is 0 Å². The molecule has 105 valence electrons. The summed E-state index contributed by atoms with van der Waals surface area (Å²) in [5, 5.41) is 8.34.